The Labute approximate surface area is 273 Å². The Hall–Kier alpha value is -4.63. The van der Waals surface area contributed by atoms with E-state index in [1.807, 2.05) is 89.2 Å². The Morgan fingerprint density at radius 3 is 1.93 bits per heavy atom. The van der Waals surface area contributed by atoms with Crippen LogP contribution >= 0.6 is 0 Å². The number of rotatable bonds is 14. The minimum absolute atomic E-state index is 0.0211. The van der Waals surface area contributed by atoms with Crippen LogP contribution in [0.25, 0.3) is 0 Å². The van der Waals surface area contributed by atoms with Crippen molar-refractivity contribution in [2.24, 2.45) is 0 Å². The van der Waals surface area contributed by atoms with Gasteiger partial charge in [-0.05, 0) is 82.1 Å². The van der Waals surface area contributed by atoms with E-state index in [0.29, 0.717) is 18.0 Å². The zero-order chi connectivity index (χ0) is 33.3. The molecule has 242 valence electrons. The summed E-state index contributed by atoms with van der Waals surface area (Å²) in [6, 6.07) is 29.3. The lowest BCUT2D eigenvalue weighted by molar-refractivity contribution is -0.140. The number of hydrogen-bond acceptors (Lipinski definition) is 5. The molecule has 9 heteroatoms. The van der Waals surface area contributed by atoms with Crippen molar-refractivity contribution in [3.8, 4) is 5.75 Å². The molecule has 0 bridgehead atoms. The Kier molecular flexibility index (Phi) is 11.6. The smallest absolute Gasteiger partial charge is 0.264 e. The summed E-state index contributed by atoms with van der Waals surface area (Å²) in [4.78, 5) is 29.8. The molecule has 1 N–H and O–H groups in total. The first kappa shape index (κ1) is 34.2. The monoisotopic (exact) mass is 641 g/mol. The van der Waals surface area contributed by atoms with Crippen LogP contribution in [-0.2, 0) is 32.6 Å². The molecule has 4 aromatic rings. The molecule has 0 aliphatic carbocycles. The molecule has 0 unspecified atom stereocenters. The van der Waals surface area contributed by atoms with Gasteiger partial charge in [-0.1, -0.05) is 77.9 Å². The lowest BCUT2D eigenvalue weighted by Gasteiger charge is -2.34. The molecule has 0 saturated heterocycles. The molecular weight excluding hydrogens is 598 g/mol. The predicted octanol–water partition coefficient (Wildman–Crippen LogP) is 6.06. The molecule has 4 rings (SSSR count). The van der Waals surface area contributed by atoms with Crippen molar-refractivity contribution in [2.45, 2.75) is 64.6 Å². The summed E-state index contributed by atoms with van der Waals surface area (Å²) in [7, 11) is -4.20. The van der Waals surface area contributed by atoms with E-state index >= 15 is 0 Å². The van der Waals surface area contributed by atoms with Crippen molar-refractivity contribution >= 4 is 27.5 Å². The number of nitrogens with zero attached hydrogens (tertiary/aromatic N) is 2. The Morgan fingerprint density at radius 1 is 0.783 bits per heavy atom. The quantitative estimate of drug-likeness (QED) is 0.181. The third-order valence-corrected chi connectivity index (χ3v) is 9.29. The summed E-state index contributed by atoms with van der Waals surface area (Å²) < 4.78 is 35.1. The van der Waals surface area contributed by atoms with E-state index in [-0.39, 0.29) is 29.8 Å². The summed E-state index contributed by atoms with van der Waals surface area (Å²) in [5.74, 6) is -0.269. The SMILES string of the molecule is CCOc1ccc(S(=O)(=O)N(CC(=O)N(Cc2ccc(C)cc2)[C@H](Cc2ccccc2)C(=O)NC(C)C)c2ccc(C)cc2)cc1. The van der Waals surface area contributed by atoms with E-state index in [0.717, 1.165) is 26.6 Å². The van der Waals surface area contributed by atoms with E-state index in [1.54, 1.807) is 36.4 Å². The molecule has 4 aromatic carbocycles. The summed E-state index contributed by atoms with van der Waals surface area (Å²) in [5.41, 5.74) is 4.06. The van der Waals surface area contributed by atoms with Gasteiger partial charge in [-0.15, -0.1) is 0 Å². The fourth-order valence-electron chi connectivity index (χ4n) is 5.07. The molecule has 46 heavy (non-hydrogen) atoms. The molecular formula is C37H43N3O5S. The predicted molar refractivity (Wildman–Crippen MR) is 182 cm³/mol. The summed E-state index contributed by atoms with van der Waals surface area (Å²) in [6.07, 6.45) is 0.257. The van der Waals surface area contributed by atoms with Crippen molar-refractivity contribution in [3.05, 3.63) is 125 Å². The van der Waals surface area contributed by atoms with Gasteiger partial charge in [0.15, 0.2) is 0 Å². The number of amides is 2. The van der Waals surface area contributed by atoms with Crippen molar-refractivity contribution in [2.75, 3.05) is 17.5 Å². The van der Waals surface area contributed by atoms with Gasteiger partial charge in [0.2, 0.25) is 11.8 Å². The van der Waals surface area contributed by atoms with Gasteiger partial charge in [-0.3, -0.25) is 13.9 Å². The topological polar surface area (TPSA) is 96.0 Å². The number of ether oxygens (including phenoxy) is 1. The van der Waals surface area contributed by atoms with Crippen LogP contribution < -0.4 is 14.4 Å². The number of anilines is 1. The number of nitrogens with one attached hydrogen (secondary N) is 1. The second-order valence-corrected chi connectivity index (χ2v) is 13.5. The molecule has 0 aliphatic rings. The van der Waals surface area contributed by atoms with E-state index in [2.05, 4.69) is 5.32 Å². The van der Waals surface area contributed by atoms with Gasteiger partial charge in [-0.25, -0.2) is 8.42 Å². The van der Waals surface area contributed by atoms with Gasteiger partial charge >= 0.3 is 0 Å². The second kappa shape index (κ2) is 15.6. The molecule has 1 atom stereocenters. The van der Waals surface area contributed by atoms with Crippen molar-refractivity contribution in [3.63, 3.8) is 0 Å². The molecule has 0 radical (unpaired) electrons. The summed E-state index contributed by atoms with van der Waals surface area (Å²) in [6.45, 7) is 9.53. The van der Waals surface area contributed by atoms with Crippen LogP contribution in [0.5, 0.6) is 5.75 Å². The lowest BCUT2D eigenvalue weighted by Crippen LogP contribution is -2.54. The van der Waals surface area contributed by atoms with Gasteiger partial charge < -0.3 is 15.0 Å². The number of carbonyl (C=O) groups excluding carboxylic acids is 2. The number of sulfonamides is 1. The number of benzene rings is 4. The third-order valence-electron chi connectivity index (χ3n) is 7.50. The largest absolute Gasteiger partial charge is 0.494 e. The van der Waals surface area contributed by atoms with Crippen LogP contribution in [-0.4, -0.2) is 50.4 Å². The van der Waals surface area contributed by atoms with Crippen LogP contribution in [0.3, 0.4) is 0 Å². The maximum Gasteiger partial charge on any atom is 0.264 e. The first-order valence-corrected chi connectivity index (χ1v) is 16.9. The third kappa shape index (κ3) is 8.97. The Morgan fingerprint density at radius 2 is 1.37 bits per heavy atom. The van der Waals surface area contributed by atoms with Crippen molar-refractivity contribution < 1.29 is 22.7 Å². The van der Waals surface area contributed by atoms with Crippen molar-refractivity contribution in [1.29, 1.82) is 0 Å². The fourth-order valence-corrected chi connectivity index (χ4v) is 6.48. The number of carbonyl (C=O) groups is 2. The van der Waals surface area contributed by atoms with Crippen LogP contribution in [0.2, 0.25) is 0 Å². The number of hydrogen-bond donors (Lipinski definition) is 1. The summed E-state index contributed by atoms with van der Waals surface area (Å²) in [5, 5.41) is 2.98. The molecule has 0 heterocycles. The lowest BCUT2D eigenvalue weighted by atomic mass is 10.0. The van der Waals surface area contributed by atoms with Gasteiger partial charge in [0.05, 0.1) is 17.2 Å². The second-order valence-electron chi connectivity index (χ2n) is 11.6. The average Bonchev–Trinajstić information content (AvgIpc) is 3.03. The van der Waals surface area contributed by atoms with Crippen LogP contribution in [0.4, 0.5) is 5.69 Å². The highest BCUT2D eigenvalue weighted by molar-refractivity contribution is 7.92. The standard InChI is InChI=1S/C37H43N3O5S/c1-6-45-33-20-22-34(23-21-33)46(43,44)40(32-18-14-29(5)15-19-32)26-36(41)39(25-31-16-12-28(4)13-17-31)35(37(42)38-27(2)3)24-30-10-8-7-9-11-30/h7-23,27,35H,6,24-26H2,1-5H3,(H,38,42)/t35-/m1/s1. The first-order chi connectivity index (χ1) is 22.0. The van der Waals surface area contributed by atoms with Crippen molar-refractivity contribution in [1.82, 2.24) is 10.2 Å². The van der Waals surface area contributed by atoms with Gasteiger partial charge in [0, 0.05) is 19.0 Å². The van der Waals surface area contributed by atoms with E-state index in [9.17, 15) is 18.0 Å². The molecule has 0 aliphatic heterocycles. The zero-order valence-electron chi connectivity index (χ0n) is 27.1. The highest BCUT2D eigenvalue weighted by Crippen LogP contribution is 2.27. The molecule has 0 fully saturated rings. The van der Waals surface area contributed by atoms with Gasteiger partial charge in [-0.2, -0.15) is 0 Å². The fraction of sp³-hybridized carbons (Fsp3) is 0.297. The zero-order valence-corrected chi connectivity index (χ0v) is 28.0. The summed E-state index contributed by atoms with van der Waals surface area (Å²) >= 11 is 0. The highest BCUT2D eigenvalue weighted by Gasteiger charge is 2.34. The van der Waals surface area contributed by atoms with E-state index < -0.39 is 28.5 Å². The molecule has 0 spiro atoms. The number of aryl methyl sites for hydroxylation is 2. The molecule has 0 saturated carbocycles. The van der Waals surface area contributed by atoms with E-state index in [4.69, 9.17) is 4.74 Å². The van der Waals surface area contributed by atoms with Crippen LogP contribution in [0, 0.1) is 13.8 Å². The minimum atomic E-state index is -4.20. The normalized spacial score (nSPS) is 12.0. The minimum Gasteiger partial charge on any atom is -0.494 e. The van der Waals surface area contributed by atoms with Crippen LogP contribution in [0.15, 0.2) is 108 Å². The first-order valence-electron chi connectivity index (χ1n) is 15.5. The maximum absolute atomic E-state index is 14.5. The van der Waals surface area contributed by atoms with E-state index in [1.165, 1.54) is 17.0 Å². The van der Waals surface area contributed by atoms with Crippen LogP contribution in [0.1, 0.15) is 43.0 Å². The van der Waals surface area contributed by atoms with Gasteiger partial charge in [0.1, 0.15) is 18.3 Å². The Balaban J connectivity index is 1.79. The highest BCUT2D eigenvalue weighted by atomic mass is 32.2. The van der Waals surface area contributed by atoms with Gasteiger partial charge in [0.25, 0.3) is 10.0 Å². The molecule has 2 amide bonds. The molecule has 0 aromatic heterocycles. The maximum atomic E-state index is 14.5. The Bertz CT molecular complexity index is 1690. The molecule has 8 nitrogen and oxygen atoms in total. The average molecular weight is 642 g/mol.